The second kappa shape index (κ2) is 7.12. The average Bonchev–Trinajstić information content (AvgIpc) is 3.07. The summed E-state index contributed by atoms with van der Waals surface area (Å²) in [4.78, 5) is 24.1. The average molecular weight is 343 g/mol. The highest BCUT2D eigenvalue weighted by atomic mass is 16.7. The van der Waals surface area contributed by atoms with E-state index in [0.717, 1.165) is 5.56 Å². The SMILES string of the molecule is CC(OC(=O)c1cccc(O)c1)C(=O)NCc1ccc2c(c1)OCO2. The Morgan fingerprint density at radius 3 is 2.80 bits per heavy atom. The van der Waals surface area contributed by atoms with Crippen LogP contribution in [0, 0.1) is 0 Å². The van der Waals surface area contributed by atoms with Crippen molar-refractivity contribution in [3.8, 4) is 17.2 Å². The number of ether oxygens (including phenoxy) is 3. The summed E-state index contributed by atoms with van der Waals surface area (Å²) in [6.45, 7) is 1.94. The molecule has 0 saturated heterocycles. The Morgan fingerprint density at radius 2 is 2.00 bits per heavy atom. The third kappa shape index (κ3) is 4.00. The quantitative estimate of drug-likeness (QED) is 0.806. The molecule has 2 aromatic rings. The van der Waals surface area contributed by atoms with Crippen LogP contribution in [0.3, 0.4) is 0 Å². The van der Waals surface area contributed by atoms with Crippen LogP contribution >= 0.6 is 0 Å². The minimum Gasteiger partial charge on any atom is -0.508 e. The predicted molar refractivity (Wildman–Crippen MR) is 87.4 cm³/mol. The summed E-state index contributed by atoms with van der Waals surface area (Å²) in [5.41, 5.74) is 1.01. The Balaban J connectivity index is 1.53. The first-order chi connectivity index (χ1) is 12.0. The number of hydrogen-bond donors (Lipinski definition) is 2. The van der Waals surface area contributed by atoms with E-state index in [9.17, 15) is 14.7 Å². The molecule has 130 valence electrons. The molecule has 1 aliphatic heterocycles. The predicted octanol–water partition coefficient (Wildman–Crippen LogP) is 1.98. The highest BCUT2D eigenvalue weighted by Crippen LogP contribution is 2.32. The van der Waals surface area contributed by atoms with Gasteiger partial charge in [-0.05, 0) is 42.8 Å². The number of hydrogen-bond acceptors (Lipinski definition) is 6. The zero-order valence-corrected chi connectivity index (χ0v) is 13.5. The molecule has 7 nitrogen and oxygen atoms in total. The zero-order valence-electron chi connectivity index (χ0n) is 13.5. The number of aromatic hydroxyl groups is 1. The second-order valence-corrected chi connectivity index (χ2v) is 5.50. The van der Waals surface area contributed by atoms with E-state index in [2.05, 4.69) is 5.32 Å². The van der Waals surface area contributed by atoms with Crippen LogP contribution in [0.2, 0.25) is 0 Å². The van der Waals surface area contributed by atoms with Gasteiger partial charge in [0.15, 0.2) is 17.6 Å². The van der Waals surface area contributed by atoms with Gasteiger partial charge in [0.25, 0.3) is 5.91 Å². The molecule has 1 aliphatic rings. The van der Waals surface area contributed by atoms with Gasteiger partial charge in [0.1, 0.15) is 5.75 Å². The fraction of sp³-hybridized carbons (Fsp3) is 0.222. The highest BCUT2D eigenvalue weighted by molar-refractivity contribution is 5.92. The number of carbonyl (C=O) groups is 2. The van der Waals surface area contributed by atoms with Gasteiger partial charge in [-0.1, -0.05) is 12.1 Å². The lowest BCUT2D eigenvalue weighted by Gasteiger charge is -2.14. The number of rotatable bonds is 5. The van der Waals surface area contributed by atoms with Gasteiger partial charge in [0.2, 0.25) is 6.79 Å². The Kier molecular flexibility index (Phi) is 4.74. The molecule has 1 unspecified atom stereocenters. The first kappa shape index (κ1) is 16.6. The molecule has 2 aromatic carbocycles. The van der Waals surface area contributed by atoms with Crippen LogP contribution in [0.1, 0.15) is 22.8 Å². The topological polar surface area (TPSA) is 94.1 Å². The standard InChI is InChI=1S/C18H17NO6/c1-11(25-18(22)13-3-2-4-14(20)8-13)17(21)19-9-12-5-6-15-16(7-12)24-10-23-15/h2-8,11,20H,9-10H2,1H3,(H,19,21). The Hall–Kier alpha value is -3.22. The molecule has 0 aliphatic carbocycles. The molecule has 1 amide bonds. The maximum Gasteiger partial charge on any atom is 0.339 e. The number of phenolic OH excluding ortho intramolecular Hbond substituents is 1. The molecule has 0 bridgehead atoms. The fourth-order valence-corrected chi connectivity index (χ4v) is 2.30. The molecule has 0 spiro atoms. The van der Waals surface area contributed by atoms with Gasteiger partial charge in [0.05, 0.1) is 5.56 Å². The summed E-state index contributed by atoms with van der Waals surface area (Å²) in [6.07, 6.45) is -0.969. The van der Waals surface area contributed by atoms with Gasteiger partial charge in [-0.2, -0.15) is 0 Å². The van der Waals surface area contributed by atoms with Crippen LogP contribution in [0.4, 0.5) is 0 Å². The van der Waals surface area contributed by atoms with E-state index in [-0.39, 0.29) is 24.7 Å². The van der Waals surface area contributed by atoms with Gasteiger partial charge >= 0.3 is 5.97 Å². The molecule has 0 saturated carbocycles. The Labute approximate surface area is 144 Å². The third-order valence-corrected chi connectivity index (χ3v) is 3.64. The number of phenols is 1. The number of esters is 1. The molecule has 1 atom stereocenters. The molecular weight excluding hydrogens is 326 g/mol. The van der Waals surface area contributed by atoms with Crippen LogP contribution in [0.25, 0.3) is 0 Å². The summed E-state index contributed by atoms with van der Waals surface area (Å²) in [6, 6.07) is 11.1. The van der Waals surface area contributed by atoms with Gasteiger partial charge in [-0.15, -0.1) is 0 Å². The number of carbonyl (C=O) groups excluding carboxylic acids is 2. The Morgan fingerprint density at radius 1 is 1.20 bits per heavy atom. The van der Waals surface area contributed by atoms with Crippen molar-refractivity contribution in [1.29, 1.82) is 0 Å². The first-order valence-corrected chi connectivity index (χ1v) is 7.69. The summed E-state index contributed by atoms with van der Waals surface area (Å²) in [5, 5.41) is 12.1. The van der Waals surface area contributed by atoms with Crippen molar-refractivity contribution in [2.45, 2.75) is 19.6 Å². The third-order valence-electron chi connectivity index (χ3n) is 3.64. The lowest BCUT2D eigenvalue weighted by Crippen LogP contribution is -2.35. The Bertz CT molecular complexity index is 804. The lowest BCUT2D eigenvalue weighted by atomic mass is 10.2. The molecule has 0 aromatic heterocycles. The normalized spacial score (nSPS) is 13.2. The molecule has 3 rings (SSSR count). The van der Waals surface area contributed by atoms with Crippen molar-refractivity contribution in [1.82, 2.24) is 5.32 Å². The molecular formula is C18H17NO6. The first-order valence-electron chi connectivity index (χ1n) is 7.69. The van der Waals surface area contributed by atoms with E-state index < -0.39 is 18.0 Å². The largest absolute Gasteiger partial charge is 0.508 e. The molecule has 1 heterocycles. The van der Waals surface area contributed by atoms with E-state index in [0.29, 0.717) is 11.5 Å². The van der Waals surface area contributed by atoms with Gasteiger partial charge in [-0.3, -0.25) is 4.79 Å². The van der Waals surface area contributed by atoms with Crippen molar-refractivity contribution < 1.29 is 28.9 Å². The molecule has 7 heteroatoms. The molecule has 2 N–H and O–H groups in total. The smallest absolute Gasteiger partial charge is 0.339 e. The minimum atomic E-state index is -0.969. The van der Waals surface area contributed by atoms with Crippen LogP contribution < -0.4 is 14.8 Å². The van der Waals surface area contributed by atoms with Gasteiger partial charge in [-0.25, -0.2) is 4.79 Å². The van der Waals surface area contributed by atoms with Crippen molar-refractivity contribution in [3.05, 3.63) is 53.6 Å². The summed E-state index contributed by atoms with van der Waals surface area (Å²) < 4.78 is 15.6. The van der Waals surface area contributed by atoms with Crippen LogP contribution in [0.5, 0.6) is 17.2 Å². The van der Waals surface area contributed by atoms with Gasteiger partial charge in [0, 0.05) is 6.54 Å². The number of nitrogens with one attached hydrogen (secondary N) is 1. The molecule has 25 heavy (non-hydrogen) atoms. The summed E-state index contributed by atoms with van der Waals surface area (Å²) in [5.74, 6) is 0.153. The minimum absolute atomic E-state index is 0.0469. The maximum absolute atomic E-state index is 12.1. The summed E-state index contributed by atoms with van der Waals surface area (Å²) in [7, 11) is 0. The van der Waals surface area contributed by atoms with Crippen molar-refractivity contribution >= 4 is 11.9 Å². The lowest BCUT2D eigenvalue weighted by molar-refractivity contribution is -0.129. The zero-order chi connectivity index (χ0) is 17.8. The van der Waals surface area contributed by atoms with Gasteiger partial charge < -0.3 is 24.6 Å². The fourth-order valence-electron chi connectivity index (χ4n) is 2.30. The monoisotopic (exact) mass is 343 g/mol. The van der Waals surface area contributed by atoms with Crippen LogP contribution in [0.15, 0.2) is 42.5 Å². The van der Waals surface area contributed by atoms with Crippen molar-refractivity contribution in [2.75, 3.05) is 6.79 Å². The van der Waals surface area contributed by atoms with E-state index in [4.69, 9.17) is 14.2 Å². The number of fused-ring (bicyclic) bond motifs is 1. The number of benzene rings is 2. The maximum atomic E-state index is 12.1. The second-order valence-electron chi connectivity index (χ2n) is 5.50. The van der Waals surface area contributed by atoms with E-state index in [1.54, 1.807) is 12.1 Å². The highest BCUT2D eigenvalue weighted by Gasteiger charge is 2.19. The number of amides is 1. The van der Waals surface area contributed by atoms with E-state index in [1.807, 2.05) is 6.07 Å². The van der Waals surface area contributed by atoms with Crippen molar-refractivity contribution in [2.24, 2.45) is 0 Å². The molecule has 0 radical (unpaired) electrons. The van der Waals surface area contributed by atoms with E-state index >= 15 is 0 Å². The van der Waals surface area contributed by atoms with Crippen LogP contribution in [-0.4, -0.2) is 29.9 Å². The summed E-state index contributed by atoms with van der Waals surface area (Å²) >= 11 is 0. The van der Waals surface area contributed by atoms with E-state index in [1.165, 1.54) is 31.2 Å². The van der Waals surface area contributed by atoms with Crippen molar-refractivity contribution in [3.63, 3.8) is 0 Å². The van der Waals surface area contributed by atoms with Crippen LogP contribution in [-0.2, 0) is 16.1 Å². The molecule has 0 fully saturated rings.